The van der Waals surface area contributed by atoms with Crippen molar-refractivity contribution in [2.75, 3.05) is 6.54 Å². The molecule has 14 heavy (non-hydrogen) atoms. The zero-order valence-corrected chi connectivity index (χ0v) is 10.6. The van der Waals surface area contributed by atoms with Gasteiger partial charge < -0.3 is 5.32 Å². The Morgan fingerprint density at radius 1 is 1.21 bits per heavy atom. The van der Waals surface area contributed by atoms with E-state index in [0.29, 0.717) is 5.41 Å². The van der Waals surface area contributed by atoms with Crippen LogP contribution in [0.1, 0.15) is 53.9 Å². The Balaban J connectivity index is 2.41. The Hall–Kier alpha value is -0.0400. The lowest BCUT2D eigenvalue weighted by Gasteiger charge is -2.36. The van der Waals surface area contributed by atoms with Crippen molar-refractivity contribution in [3.8, 4) is 0 Å². The second-order valence-electron chi connectivity index (χ2n) is 6.06. The monoisotopic (exact) mass is 197 g/mol. The molecule has 0 aromatic carbocycles. The molecular weight excluding hydrogens is 170 g/mol. The van der Waals surface area contributed by atoms with Gasteiger partial charge >= 0.3 is 0 Å². The molecule has 1 fully saturated rings. The van der Waals surface area contributed by atoms with Crippen LogP contribution in [-0.4, -0.2) is 12.6 Å². The van der Waals surface area contributed by atoms with E-state index in [9.17, 15) is 0 Å². The molecule has 0 bridgehead atoms. The Labute approximate surface area is 89.7 Å². The van der Waals surface area contributed by atoms with E-state index in [1.807, 2.05) is 0 Å². The van der Waals surface area contributed by atoms with Crippen molar-refractivity contribution in [2.24, 2.45) is 17.3 Å². The molecule has 1 N–H and O–H groups in total. The maximum absolute atomic E-state index is 3.68. The second-order valence-corrected chi connectivity index (χ2v) is 6.06. The highest BCUT2D eigenvalue weighted by atomic mass is 15.0. The molecule has 0 saturated heterocycles. The van der Waals surface area contributed by atoms with Gasteiger partial charge in [-0.05, 0) is 36.5 Å². The highest BCUT2D eigenvalue weighted by Crippen LogP contribution is 2.34. The summed E-state index contributed by atoms with van der Waals surface area (Å²) in [4.78, 5) is 0. The third-order valence-corrected chi connectivity index (χ3v) is 3.64. The Morgan fingerprint density at radius 2 is 1.79 bits per heavy atom. The predicted octanol–water partition coefficient (Wildman–Crippen LogP) is 3.45. The highest BCUT2D eigenvalue weighted by molar-refractivity contribution is 4.87. The first-order chi connectivity index (χ1) is 6.44. The summed E-state index contributed by atoms with van der Waals surface area (Å²) in [6, 6.07) is 0.847. The molecule has 1 saturated carbocycles. The molecule has 0 heterocycles. The van der Waals surface area contributed by atoms with Crippen molar-refractivity contribution in [1.29, 1.82) is 0 Å². The van der Waals surface area contributed by atoms with Crippen molar-refractivity contribution in [3.05, 3.63) is 0 Å². The summed E-state index contributed by atoms with van der Waals surface area (Å²) in [6.45, 7) is 13.0. The van der Waals surface area contributed by atoms with E-state index in [2.05, 4.69) is 39.9 Å². The van der Waals surface area contributed by atoms with Gasteiger partial charge in [0.1, 0.15) is 0 Å². The molecule has 1 aliphatic rings. The van der Waals surface area contributed by atoms with Crippen LogP contribution in [0.3, 0.4) is 0 Å². The van der Waals surface area contributed by atoms with Crippen LogP contribution in [0.15, 0.2) is 0 Å². The van der Waals surface area contributed by atoms with Gasteiger partial charge in [0.05, 0.1) is 0 Å². The maximum Gasteiger partial charge on any atom is 0.00684 e. The zero-order chi connectivity index (χ0) is 10.8. The zero-order valence-electron chi connectivity index (χ0n) is 10.6. The summed E-state index contributed by atoms with van der Waals surface area (Å²) >= 11 is 0. The molecule has 0 spiro atoms. The molecular formula is C13H27N. The van der Waals surface area contributed by atoms with Gasteiger partial charge in [-0.2, -0.15) is 0 Å². The molecule has 0 aromatic heterocycles. The molecule has 1 rings (SSSR count). The van der Waals surface area contributed by atoms with Crippen molar-refractivity contribution in [3.63, 3.8) is 0 Å². The van der Waals surface area contributed by atoms with Crippen LogP contribution in [0.25, 0.3) is 0 Å². The smallest absolute Gasteiger partial charge is 0.00684 e. The van der Waals surface area contributed by atoms with Gasteiger partial charge in [0.25, 0.3) is 0 Å². The van der Waals surface area contributed by atoms with E-state index in [4.69, 9.17) is 0 Å². The second kappa shape index (κ2) is 4.65. The Kier molecular flexibility index (Phi) is 4.00. The van der Waals surface area contributed by atoms with Gasteiger partial charge in [-0.1, -0.05) is 34.6 Å². The minimum Gasteiger partial charge on any atom is -0.313 e. The number of nitrogens with one attached hydrogen (secondary N) is 1. The van der Waals surface area contributed by atoms with Crippen molar-refractivity contribution in [2.45, 2.75) is 59.9 Å². The molecule has 1 atom stereocenters. The average molecular weight is 197 g/mol. The first-order valence-corrected chi connectivity index (χ1v) is 6.17. The minimum atomic E-state index is 0.483. The van der Waals surface area contributed by atoms with E-state index >= 15 is 0 Å². The van der Waals surface area contributed by atoms with E-state index in [0.717, 1.165) is 17.9 Å². The van der Waals surface area contributed by atoms with Gasteiger partial charge in [0.2, 0.25) is 0 Å². The largest absolute Gasteiger partial charge is 0.313 e. The van der Waals surface area contributed by atoms with Crippen LogP contribution < -0.4 is 5.32 Å². The standard InChI is InChI=1S/C13H27N/c1-10(2)8-13(5,11(3)4)9-14-12-6-7-12/h10-12,14H,6-9H2,1-5H3. The van der Waals surface area contributed by atoms with Crippen LogP contribution in [-0.2, 0) is 0 Å². The topological polar surface area (TPSA) is 12.0 Å². The third kappa shape index (κ3) is 3.61. The van der Waals surface area contributed by atoms with E-state index in [-0.39, 0.29) is 0 Å². The highest BCUT2D eigenvalue weighted by Gasteiger charge is 2.31. The van der Waals surface area contributed by atoms with Crippen molar-refractivity contribution >= 4 is 0 Å². The van der Waals surface area contributed by atoms with Crippen molar-refractivity contribution in [1.82, 2.24) is 5.32 Å². The molecule has 0 aliphatic heterocycles. The SMILES string of the molecule is CC(C)CC(C)(CNC1CC1)C(C)C. The molecule has 0 amide bonds. The minimum absolute atomic E-state index is 0.483. The van der Waals surface area contributed by atoms with Gasteiger partial charge in [-0.3, -0.25) is 0 Å². The number of rotatable bonds is 6. The molecule has 1 nitrogen and oxygen atoms in total. The fraction of sp³-hybridized carbons (Fsp3) is 1.00. The van der Waals surface area contributed by atoms with Crippen molar-refractivity contribution < 1.29 is 0 Å². The van der Waals surface area contributed by atoms with Gasteiger partial charge in [0.15, 0.2) is 0 Å². The normalized spacial score (nSPS) is 21.6. The molecule has 1 unspecified atom stereocenters. The average Bonchev–Trinajstić information content (AvgIpc) is 2.82. The predicted molar refractivity (Wildman–Crippen MR) is 63.4 cm³/mol. The lowest BCUT2D eigenvalue weighted by Crippen LogP contribution is -2.38. The fourth-order valence-corrected chi connectivity index (χ4v) is 2.11. The Bertz CT molecular complexity index is 170. The summed E-state index contributed by atoms with van der Waals surface area (Å²) < 4.78 is 0. The van der Waals surface area contributed by atoms with Gasteiger partial charge in [0, 0.05) is 12.6 Å². The Morgan fingerprint density at radius 3 is 2.14 bits per heavy atom. The van der Waals surface area contributed by atoms with Crippen LogP contribution in [0, 0.1) is 17.3 Å². The lowest BCUT2D eigenvalue weighted by molar-refractivity contribution is 0.166. The van der Waals surface area contributed by atoms with E-state index in [1.165, 1.54) is 25.8 Å². The fourth-order valence-electron chi connectivity index (χ4n) is 2.11. The van der Waals surface area contributed by atoms with Gasteiger partial charge in [-0.15, -0.1) is 0 Å². The van der Waals surface area contributed by atoms with E-state index in [1.54, 1.807) is 0 Å². The maximum atomic E-state index is 3.68. The molecule has 1 heteroatoms. The van der Waals surface area contributed by atoms with Crippen LogP contribution >= 0.6 is 0 Å². The summed E-state index contributed by atoms with van der Waals surface area (Å²) in [5, 5.41) is 3.68. The molecule has 84 valence electrons. The summed E-state index contributed by atoms with van der Waals surface area (Å²) in [6.07, 6.45) is 4.14. The molecule has 1 aliphatic carbocycles. The number of hydrogen-bond donors (Lipinski definition) is 1. The van der Waals surface area contributed by atoms with Crippen LogP contribution in [0.4, 0.5) is 0 Å². The van der Waals surface area contributed by atoms with Crippen LogP contribution in [0.5, 0.6) is 0 Å². The quantitative estimate of drug-likeness (QED) is 0.688. The molecule has 0 aromatic rings. The first kappa shape index (κ1) is 12.0. The lowest BCUT2D eigenvalue weighted by atomic mass is 9.73. The number of hydrogen-bond acceptors (Lipinski definition) is 1. The van der Waals surface area contributed by atoms with Crippen LogP contribution in [0.2, 0.25) is 0 Å². The third-order valence-electron chi connectivity index (χ3n) is 3.64. The summed E-state index contributed by atoms with van der Waals surface area (Å²) in [5.74, 6) is 1.58. The molecule has 0 radical (unpaired) electrons. The summed E-state index contributed by atoms with van der Waals surface area (Å²) in [5.41, 5.74) is 0.483. The summed E-state index contributed by atoms with van der Waals surface area (Å²) in [7, 11) is 0. The first-order valence-electron chi connectivity index (χ1n) is 6.17. The van der Waals surface area contributed by atoms with E-state index < -0.39 is 0 Å². The van der Waals surface area contributed by atoms with Gasteiger partial charge in [-0.25, -0.2) is 0 Å².